The lowest BCUT2D eigenvalue weighted by Gasteiger charge is -2.35. The van der Waals surface area contributed by atoms with Gasteiger partial charge in [-0.1, -0.05) is 6.07 Å². The number of piperazine rings is 1. The minimum atomic E-state index is 0.110. The van der Waals surface area contributed by atoms with E-state index < -0.39 is 0 Å². The maximum Gasteiger partial charge on any atom is 0.219 e. The van der Waals surface area contributed by atoms with E-state index in [1.807, 2.05) is 55.3 Å². The zero-order valence-corrected chi connectivity index (χ0v) is 19.4. The van der Waals surface area contributed by atoms with Gasteiger partial charge in [0.25, 0.3) is 0 Å². The summed E-state index contributed by atoms with van der Waals surface area (Å²) in [6, 6.07) is 9.93. The van der Waals surface area contributed by atoms with Gasteiger partial charge in [-0.25, -0.2) is 0 Å². The molecule has 1 aliphatic heterocycles. The van der Waals surface area contributed by atoms with Crippen molar-refractivity contribution in [1.82, 2.24) is 19.9 Å². The van der Waals surface area contributed by atoms with Crippen LogP contribution in [0.15, 0.2) is 48.9 Å². The predicted molar refractivity (Wildman–Crippen MR) is 128 cm³/mol. The number of amides is 1. The zero-order chi connectivity index (χ0) is 23.4. The first kappa shape index (κ1) is 22.6. The molecule has 1 amide bonds. The summed E-state index contributed by atoms with van der Waals surface area (Å²) in [5.41, 5.74) is 6.63. The van der Waals surface area contributed by atoms with Gasteiger partial charge in [0.1, 0.15) is 5.78 Å². The van der Waals surface area contributed by atoms with Gasteiger partial charge in [0.05, 0.1) is 17.6 Å². The lowest BCUT2D eigenvalue weighted by Crippen LogP contribution is -2.48. The number of hydrogen-bond donors (Lipinski definition) is 0. The molecule has 7 nitrogen and oxygen atoms in total. The van der Waals surface area contributed by atoms with Crippen molar-refractivity contribution in [3.8, 4) is 11.3 Å². The fourth-order valence-electron chi connectivity index (χ4n) is 4.20. The first-order chi connectivity index (χ1) is 15.9. The fourth-order valence-corrected chi connectivity index (χ4v) is 4.20. The maximum absolute atomic E-state index is 12.7. The minimum Gasteiger partial charge on any atom is -0.367 e. The van der Waals surface area contributed by atoms with Gasteiger partial charge in [0.2, 0.25) is 5.91 Å². The smallest absolute Gasteiger partial charge is 0.219 e. The van der Waals surface area contributed by atoms with Crippen LogP contribution in [0, 0.1) is 13.8 Å². The molecule has 0 N–H and O–H groups in total. The molecule has 0 unspecified atom stereocenters. The fraction of sp³-hybridized carbons (Fsp3) is 0.346. The van der Waals surface area contributed by atoms with E-state index in [4.69, 9.17) is 0 Å². The normalized spacial score (nSPS) is 13.8. The van der Waals surface area contributed by atoms with E-state index in [0.717, 1.165) is 65.6 Å². The van der Waals surface area contributed by atoms with Gasteiger partial charge in [0.15, 0.2) is 0 Å². The summed E-state index contributed by atoms with van der Waals surface area (Å²) in [5, 5.41) is 0. The van der Waals surface area contributed by atoms with Crippen LogP contribution in [-0.2, 0) is 22.4 Å². The summed E-state index contributed by atoms with van der Waals surface area (Å²) < 4.78 is 0. The van der Waals surface area contributed by atoms with Crippen LogP contribution in [0.1, 0.15) is 29.4 Å². The Morgan fingerprint density at radius 2 is 1.70 bits per heavy atom. The van der Waals surface area contributed by atoms with Gasteiger partial charge in [-0.3, -0.25) is 24.5 Å². The third-order valence-electron chi connectivity index (χ3n) is 5.98. The first-order valence-electron chi connectivity index (χ1n) is 11.2. The number of nitrogens with zero attached hydrogens (tertiary/aromatic N) is 5. The molecule has 170 valence electrons. The van der Waals surface area contributed by atoms with Crippen molar-refractivity contribution in [3.63, 3.8) is 0 Å². The highest BCUT2D eigenvalue weighted by Crippen LogP contribution is 2.22. The molecule has 1 aliphatic rings. The Morgan fingerprint density at radius 3 is 2.33 bits per heavy atom. The number of Topliss-reactive ketones (excluding diaryl/α,β-unsaturated/α-hetero) is 1. The first-order valence-corrected chi connectivity index (χ1v) is 11.2. The molecule has 0 saturated carbocycles. The summed E-state index contributed by atoms with van der Waals surface area (Å²) in [7, 11) is 0. The number of carbonyl (C=O) groups excluding carboxylic acids is 2. The second-order valence-electron chi connectivity index (χ2n) is 8.59. The Morgan fingerprint density at radius 1 is 0.909 bits per heavy atom. The highest BCUT2D eigenvalue weighted by atomic mass is 16.2. The van der Waals surface area contributed by atoms with E-state index in [2.05, 4.69) is 19.9 Å². The average Bonchev–Trinajstić information content (AvgIpc) is 2.79. The van der Waals surface area contributed by atoms with Crippen LogP contribution in [-0.4, -0.2) is 57.7 Å². The number of ketones is 1. The molecule has 0 spiro atoms. The molecule has 0 radical (unpaired) electrons. The molecule has 3 aromatic heterocycles. The molecule has 4 rings (SSSR count). The number of carbonyl (C=O) groups is 2. The lowest BCUT2D eigenvalue weighted by atomic mass is 10.0. The number of pyridine rings is 3. The Kier molecular flexibility index (Phi) is 6.77. The van der Waals surface area contributed by atoms with E-state index in [1.54, 1.807) is 19.3 Å². The van der Waals surface area contributed by atoms with Crippen molar-refractivity contribution in [2.75, 3.05) is 31.1 Å². The van der Waals surface area contributed by atoms with Gasteiger partial charge in [-0.05, 0) is 49.2 Å². The highest BCUT2D eigenvalue weighted by molar-refractivity contribution is 5.83. The Bertz CT molecular complexity index is 1150. The summed E-state index contributed by atoms with van der Waals surface area (Å²) in [5.74, 6) is 0.230. The summed E-state index contributed by atoms with van der Waals surface area (Å²) in [6.45, 7) is 8.62. The van der Waals surface area contributed by atoms with Gasteiger partial charge >= 0.3 is 0 Å². The van der Waals surface area contributed by atoms with Crippen LogP contribution in [0.25, 0.3) is 11.3 Å². The van der Waals surface area contributed by atoms with Crippen molar-refractivity contribution in [1.29, 1.82) is 0 Å². The van der Waals surface area contributed by atoms with Gasteiger partial charge in [0, 0.05) is 75.3 Å². The maximum atomic E-state index is 12.7. The number of aryl methyl sites for hydroxylation is 2. The average molecular weight is 444 g/mol. The van der Waals surface area contributed by atoms with E-state index in [9.17, 15) is 9.59 Å². The predicted octanol–water partition coefficient (Wildman–Crippen LogP) is 3.18. The summed E-state index contributed by atoms with van der Waals surface area (Å²) in [4.78, 5) is 41.6. The van der Waals surface area contributed by atoms with Gasteiger partial charge < -0.3 is 9.80 Å². The molecule has 0 aromatic carbocycles. The van der Waals surface area contributed by atoms with Crippen LogP contribution in [0.2, 0.25) is 0 Å². The summed E-state index contributed by atoms with van der Waals surface area (Å²) in [6.07, 6.45) is 6.02. The van der Waals surface area contributed by atoms with E-state index in [-0.39, 0.29) is 11.7 Å². The van der Waals surface area contributed by atoms with Gasteiger partial charge in [-0.15, -0.1) is 0 Å². The SMILES string of the molecule is CC(=O)N1CCN(c2ccc(CC(=O)Cc3cnc(-c4ccnc(C)c4)c(C)c3)nc2)CC1. The van der Waals surface area contributed by atoms with Crippen LogP contribution in [0.5, 0.6) is 0 Å². The minimum absolute atomic E-state index is 0.110. The molecular formula is C26H29N5O2. The number of aromatic nitrogens is 3. The van der Waals surface area contributed by atoms with Gasteiger partial charge in [-0.2, -0.15) is 0 Å². The molecule has 1 saturated heterocycles. The highest BCUT2D eigenvalue weighted by Gasteiger charge is 2.19. The molecule has 1 fully saturated rings. The molecule has 33 heavy (non-hydrogen) atoms. The van der Waals surface area contributed by atoms with Crippen molar-refractivity contribution < 1.29 is 9.59 Å². The monoisotopic (exact) mass is 443 g/mol. The van der Waals surface area contributed by atoms with Crippen molar-refractivity contribution in [2.24, 2.45) is 0 Å². The third-order valence-corrected chi connectivity index (χ3v) is 5.98. The Balaban J connectivity index is 1.34. The Hall–Kier alpha value is -3.61. The number of hydrogen-bond acceptors (Lipinski definition) is 6. The molecule has 0 atom stereocenters. The van der Waals surface area contributed by atoms with Crippen LogP contribution in [0.3, 0.4) is 0 Å². The second-order valence-corrected chi connectivity index (χ2v) is 8.59. The van der Waals surface area contributed by atoms with E-state index in [1.165, 1.54) is 0 Å². The van der Waals surface area contributed by atoms with Crippen molar-refractivity contribution in [3.05, 3.63) is 71.4 Å². The molecular weight excluding hydrogens is 414 g/mol. The van der Waals surface area contributed by atoms with E-state index in [0.29, 0.717) is 12.8 Å². The third kappa shape index (κ3) is 5.61. The standard InChI is InChI=1S/C26H29N5O2/c1-18-12-21(16-29-26(18)22-6-7-27-19(2)13-22)14-25(33)15-23-4-5-24(17-28-23)31-10-8-30(9-11-31)20(3)32/h4-7,12-13,16-17H,8-11,14-15H2,1-3H3. The molecule has 4 heterocycles. The van der Waals surface area contributed by atoms with Crippen molar-refractivity contribution >= 4 is 17.4 Å². The zero-order valence-electron chi connectivity index (χ0n) is 19.4. The van der Waals surface area contributed by atoms with Crippen molar-refractivity contribution in [2.45, 2.75) is 33.6 Å². The summed E-state index contributed by atoms with van der Waals surface area (Å²) >= 11 is 0. The van der Waals surface area contributed by atoms with Crippen LogP contribution in [0.4, 0.5) is 5.69 Å². The number of anilines is 1. The van der Waals surface area contributed by atoms with E-state index >= 15 is 0 Å². The largest absolute Gasteiger partial charge is 0.367 e. The quantitative estimate of drug-likeness (QED) is 0.582. The lowest BCUT2D eigenvalue weighted by molar-refractivity contribution is -0.129. The topological polar surface area (TPSA) is 79.3 Å². The number of rotatable bonds is 6. The second kappa shape index (κ2) is 9.90. The molecule has 0 aliphatic carbocycles. The molecule has 7 heteroatoms. The Labute approximate surface area is 194 Å². The van der Waals surface area contributed by atoms with Crippen LogP contribution < -0.4 is 4.90 Å². The molecule has 0 bridgehead atoms. The molecule has 3 aromatic rings. The van der Waals surface area contributed by atoms with Crippen LogP contribution >= 0.6 is 0 Å².